The van der Waals surface area contributed by atoms with Crippen molar-refractivity contribution in [2.75, 3.05) is 30.4 Å². The first-order valence-corrected chi connectivity index (χ1v) is 7.34. The molecule has 3 rings (SSSR count). The van der Waals surface area contributed by atoms with Crippen molar-refractivity contribution in [3.63, 3.8) is 0 Å². The Labute approximate surface area is 129 Å². The highest BCUT2D eigenvalue weighted by atomic mass is 16.5. The lowest BCUT2D eigenvalue weighted by Gasteiger charge is -2.20. The van der Waals surface area contributed by atoms with E-state index in [0.717, 1.165) is 36.6 Å². The molecule has 22 heavy (non-hydrogen) atoms. The van der Waals surface area contributed by atoms with Crippen LogP contribution in [0.3, 0.4) is 0 Å². The molecule has 7 heteroatoms. The minimum absolute atomic E-state index is 0.293. The molecule has 2 aromatic heterocycles. The van der Waals surface area contributed by atoms with E-state index in [9.17, 15) is 0 Å². The van der Waals surface area contributed by atoms with E-state index in [2.05, 4.69) is 37.1 Å². The van der Waals surface area contributed by atoms with Gasteiger partial charge < -0.3 is 15.0 Å². The van der Waals surface area contributed by atoms with Crippen LogP contribution >= 0.6 is 0 Å². The molecule has 0 spiro atoms. The summed E-state index contributed by atoms with van der Waals surface area (Å²) >= 11 is 0. The average molecular weight is 300 g/mol. The zero-order chi connectivity index (χ0) is 15.5. The second-order valence-corrected chi connectivity index (χ2v) is 5.41. The Hall–Kier alpha value is -2.44. The molecule has 116 valence electrons. The number of hydrogen-bond donors (Lipinski definition) is 1. The van der Waals surface area contributed by atoms with E-state index in [0.29, 0.717) is 17.9 Å². The van der Waals surface area contributed by atoms with Crippen molar-refractivity contribution in [2.24, 2.45) is 0 Å². The van der Waals surface area contributed by atoms with E-state index in [-0.39, 0.29) is 0 Å². The summed E-state index contributed by atoms with van der Waals surface area (Å²) in [6.45, 7) is 5.91. The maximum Gasteiger partial charge on any atom is 0.226 e. The fraction of sp³-hybridized carbons (Fsp3) is 0.467. The molecule has 1 N–H and O–H groups in total. The summed E-state index contributed by atoms with van der Waals surface area (Å²) < 4.78 is 5.12. The van der Waals surface area contributed by atoms with Crippen LogP contribution in [-0.2, 0) is 0 Å². The molecule has 0 aromatic carbocycles. The third-order valence-electron chi connectivity index (χ3n) is 3.97. The molecule has 0 radical (unpaired) electrons. The summed E-state index contributed by atoms with van der Waals surface area (Å²) in [6, 6.07) is 2.03. The van der Waals surface area contributed by atoms with Crippen LogP contribution in [0, 0.1) is 13.8 Å². The van der Waals surface area contributed by atoms with Crippen LogP contribution in [0.15, 0.2) is 18.6 Å². The van der Waals surface area contributed by atoms with Crippen molar-refractivity contribution in [3.8, 4) is 5.88 Å². The summed E-state index contributed by atoms with van der Waals surface area (Å²) in [7, 11) is 1.60. The molecule has 0 saturated carbocycles. The minimum Gasteiger partial charge on any atom is -0.481 e. The second-order valence-electron chi connectivity index (χ2n) is 5.41. The Morgan fingerprint density at radius 2 is 2.14 bits per heavy atom. The lowest BCUT2D eigenvalue weighted by Crippen LogP contribution is -2.28. The van der Waals surface area contributed by atoms with Gasteiger partial charge in [0, 0.05) is 42.7 Å². The van der Waals surface area contributed by atoms with Crippen molar-refractivity contribution in [3.05, 3.63) is 29.8 Å². The van der Waals surface area contributed by atoms with Crippen LogP contribution in [0.25, 0.3) is 0 Å². The lowest BCUT2D eigenvalue weighted by atomic mass is 10.2. The van der Waals surface area contributed by atoms with Gasteiger partial charge in [-0.1, -0.05) is 0 Å². The Kier molecular flexibility index (Phi) is 4.04. The maximum atomic E-state index is 5.12. The molecular formula is C15H20N6O. The first-order chi connectivity index (χ1) is 10.7. The molecule has 1 atom stereocenters. The fourth-order valence-electron chi connectivity index (χ4n) is 2.62. The van der Waals surface area contributed by atoms with Gasteiger partial charge in [0.05, 0.1) is 7.11 Å². The molecule has 7 nitrogen and oxygen atoms in total. The van der Waals surface area contributed by atoms with Gasteiger partial charge in [-0.05, 0) is 20.3 Å². The van der Waals surface area contributed by atoms with E-state index >= 15 is 0 Å². The van der Waals surface area contributed by atoms with Crippen LogP contribution in [-0.4, -0.2) is 46.2 Å². The predicted octanol–water partition coefficient (Wildman–Crippen LogP) is 1.58. The highest BCUT2D eigenvalue weighted by molar-refractivity contribution is 5.49. The number of aromatic nitrogens is 4. The van der Waals surface area contributed by atoms with Crippen LogP contribution in [0.4, 0.5) is 11.8 Å². The predicted molar refractivity (Wildman–Crippen MR) is 84.3 cm³/mol. The Balaban J connectivity index is 1.68. The Morgan fingerprint density at radius 3 is 2.95 bits per heavy atom. The normalized spacial score (nSPS) is 17.6. The highest BCUT2D eigenvalue weighted by Gasteiger charge is 2.25. The molecule has 2 aromatic rings. The number of nitrogens with one attached hydrogen (secondary N) is 1. The molecule has 1 saturated heterocycles. The third kappa shape index (κ3) is 2.93. The molecule has 1 aliphatic heterocycles. The SMILES string of the molecule is COc1ccnc(NC2CCN(c3ncnc(C)c3C)C2)n1. The number of nitrogens with zero attached hydrogens (tertiary/aromatic N) is 5. The van der Waals surface area contributed by atoms with Gasteiger partial charge >= 0.3 is 0 Å². The quantitative estimate of drug-likeness (QED) is 0.918. The number of aryl methyl sites for hydroxylation is 1. The number of ether oxygens (including phenoxy) is 1. The van der Waals surface area contributed by atoms with Gasteiger partial charge in [0.2, 0.25) is 11.8 Å². The Bertz CT molecular complexity index is 662. The van der Waals surface area contributed by atoms with Gasteiger partial charge in [-0.25, -0.2) is 15.0 Å². The fourth-order valence-corrected chi connectivity index (χ4v) is 2.62. The standard InChI is InChI=1S/C15H20N6O/c1-10-11(2)17-9-18-14(10)21-7-5-12(8-21)19-15-16-6-4-13(20-15)22-3/h4,6,9,12H,5,7-8H2,1-3H3,(H,16,19,20). The van der Waals surface area contributed by atoms with E-state index in [1.807, 2.05) is 6.92 Å². The van der Waals surface area contributed by atoms with Crippen LogP contribution < -0.4 is 15.0 Å². The summed E-state index contributed by atoms with van der Waals surface area (Å²) in [6.07, 6.45) is 4.34. The van der Waals surface area contributed by atoms with Crippen molar-refractivity contribution < 1.29 is 4.74 Å². The second kappa shape index (κ2) is 6.13. The summed E-state index contributed by atoms with van der Waals surface area (Å²) in [5.74, 6) is 2.18. The van der Waals surface area contributed by atoms with E-state index in [1.165, 1.54) is 0 Å². The maximum absolute atomic E-state index is 5.12. The minimum atomic E-state index is 0.293. The molecular weight excluding hydrogens is 280 g/mol. The summed E-state index contributed by atoms with van der Waals surface area (Å²) in [5.41, 5.74) is 2.17. The zero-order valence-corrected chi connectivity index (χ0v) is 13.1. The zero-order valence-electron chi connectivity index (χ0n) is 13.1. The number of methoxy groups -OCH3 is 1. The van der Waals surface area contributed by atoms with Crippen molar-refractivity contribution >= 4 is 11.8 Å². The van der Waals surface area contributed by atoms with Crippen LogP contribution in [0.1, 0.15) is 17.7 Å². The molecule has 1 fully saturated rings. The van der Waals surface area contributed by atoms with Crippen LogP contribution in [0.2, 0.25) is 0 Å². The third-order valence-corrected chi connectivity index (χ3v) is 3.97. The number of hydrogen-bond acceptors (Lipinski definition) is 7. The van der Waals surface area contributed by atoms with E-state index in [1.54, 1.807) is 25.7 Å². The monoisotopic (exact) mass is 300 g/mol. The van der Waals surface area contributed by atoms with Gasteiger partial charge in [-0.2, -0.15) is 4.98 Å². The first-order valence-electron chi connectivity index (χ1n) is 7.34. The van der Waals surface area contributed by atoms with Crippen molar-refractivity contribution in [1.82, 2.24) is 19.9 Å². The van der Waals surface area contributed by atoms with Gasteiger partial charge in [0.15, 0.2) is 0 Å². The van der Waals surface area contributed by atoms with E-state index in [4.69, 9.17) is 4.74 Å². The molecule has 3 heterocycles. The highest BCUT2D eigenvalue weighted by Crippen LogP contribution is 2.24. The molecule has 0 aliphatic carbocycles. The molecule has 1 unspecified atom stereocenters. The molecule has 1 aliphatic rings. The molecule has 0 amide bonds. The Morgan fingerprint density at radius 1 is 1.27 bits per heavy atom. The molecule has 0 bridgehead atoms. The lowest BCUT2D eigenvalue weighted by molar-refractivity contribution is 0.397. The van der Waals surface area contributed by atoms with Crippen LogP contribution in [0.5, 0.6) is 5.88 Å². The number of anilines is 2. The average Bonchev–Trinajstić information content (AvgIpc) is 2.98. The summed E-state index contributed by atoms with van der Waals surface area (Å²) in [5, 5.41) is 3.36. The van der Waals surface area contributed by atoms with Crippen molar-refractivity contribution in [1.29, 1.82) is 0 Å². The number of rotatable bonds is 4. The largest absolute Gasteiger partial charge is 0.481 e. The van der Waals surface area contributed by atoms with Gasteiger partial charge in [-0.3, -0.25) is 0 Å². The topological polar surface area (TPSA) is 76.1 Å². The van der Waals surface area contributed by atoms with Gasteiger partial charge in [0.25, 0.3) is 0 Å². The first kappa shape index (κ1) is 14.5. The van der Waals surface area contributed by atoms with Gasteiger partial charge in [0.1, 0.15) is 12.1 Å². The summed E-state index contributed by atoms with van der Waals surface area (Å²) in [4.78, 5) is 19.5. The smallest absolute Gasteiger partial charge is 0.226 e. The van der Waals surface area contributed by atoms with E-state index < -0.39 is 0 Å². The van der Waals surface area contributed by atoms with Crippen molar-refractivity contribution in [2.45, 2.75) is 26.3 Å². The van der Waals surface area contributed by atoms with Gasteiger partial charge in [-0.15, -0.1) is 0 Å².